The summed E-state index contributed by atoms with van der Waals surface area (Å²) in [5, 5.41) is 10.5. The number of ketones is 1. The highest BCUT2D eigenvalue weighted by Gasteiger charge is 2.59. The molecule has 0 spiro atoms. The molecule has 0 aromatic heterocycles. The van der Waals surface area contributed by atoms with Crippen LogP contribution in [0.1, 0.15) is 71.6 Å². The Kier molecular flexibility index (Phi) is 3.10. The number of carbonyl (C=O) groups excluding carboxylic acids is 1. The molecule has 0 saturated heterocycles. The summed E-state index contributed by atoms with van der Waals surface area (Å²) in [6.07, 6.45) is 10.0. The predicted octanol–water partition coefficient (Wildman–Crippen LogP) is 3.96. The van der Waals surface area contributed by atoms with E-state index >= 15 is 0 Å². The third kappa shape index (κ3) is 1.84. The molecule has 0 heterocycles. The molecule has 0 bridgehead atoms. The van der Waals surface area contributed by atoms with Crippen molar-refractivity contribution in [2.75, 3.05) is 0 Å². The van der Waals surface area contributed by atoms with Crippen LogP contribution in [0.25, 0.3) is 0 Å². The van der Waals surface area contributed by atoms with Gasteiger partial charge in [-0.1, -0.05) is 13.8 Å². The minimum absolute atomic E-state index is 0.0677. The number of hydrogen-bond donors (Lipinski definition) is 1. The third-order valence-electron chi connectivity index (χ3n) is 8.43. The smallest absolute Gasteiger partial charge is 0.133 e. The van der Waals surface area contributed by atoms with Crippen molar-refractivity contribution < 1.29 is 9.90 Å². The van der Waals surface area contributed by atoms with Crippen molar-refractivity contribution in [1.29, 1.82) is 0 Å². The monoisotopic (exact) mass is 290 g/mol. The van der Waals surface area contributed by atoms with Gasteiger partial charge in [-0.05, 0) is 79.4 Å². The van der Waals surface area contributed by atoms with E-state index in [4.69, 9.17) is 0 Å². The zero-order chi connectivity index (χ0) is 14.8. The normalized spacial score (nSPS) is 56.5. The van der Waals surface area contributed by atoms with E-state index < -0.39 is 0 Å². The van der Waals surface area contributed by atoms with Crippen molar-refractivity contribution in [1.82, 2.24) is 0 Å². The summed E-state index contributed by atoms with van der Waals surface area (Å²) in [4.78, 5) is 11.9. The molecule has 4 aliphatic rings. The van der Waals surface area contributed by atoms with Gasteiger partial charge in [0, 0.05) is 12.8 Å². The van der Waals surface area contributed by atoms with E-state index in [2.05, 4.69) is 13.8 Å². The maximum absolute atomic E-state index is 11.9. The molecule has 4 saturated carbocycles. The van der Waals surface area contributed by atoms with E-state index in [1.165, 1.54) is 32.1 Å². The first kappa shape index (κ1) is 14.2. The first-order chi connectivity index (χ1) is 9.95. The van der Waals surface area contributed by atoms with Crippen molar-refractivity contribution in [3.63, 3.8) is 0 Å². The van der Waals surface area contributed by atoms with Gasteiger partial charge in [0.25, 0.3) is 0 Å². The standard InChI is InChI=1S/C19H30O2/c1-18-9-7-13(20)11-12(18)3-4-14-15-5-6-17(21)19(15,2)10-8-16(14)18/h12,14-17,21H,3-11H2,1-2H3/t12-,14?,15?,16?,17-,18?,19?/m0/s1. The molecule has 4 rings (SSSR count). The Morgan fingerprint density at radius 3 is 2.52 bits per heavy atom. The molecule has 5 unspecified atom stereocenters. The summed E-state index contributed by atoms with van der Waals surface area (Å²) in [5.74, 6) is 3.52. The number of aliphatic hydroxyl groups excluding tert-OH is 1. The van der Waals surface area contributed by atoms with Gasteiger partial charge in [0.2, 0.25) is 0 Å². The lowest BCUT2D eigenvalue weighted by atomic mass is 9.45. The number of carbonyl (C=O) groups is 1. The minimum atomic E-state index is -0.0677. The first-order valence-electron chi connectivity index (χ1n) is 9.15. The molecule has 2 nitrogen and oxygen atoms in total. The largest absolute Gasteiger partial charge is 0.393 e. The molecule has 1 N–H and O–H groups in total. The predicted molar refractivity (Wildman–Crippen MR) is 82.7 cm³/mol. The van der Waals surface area contributed by atoms with Gasteiger partial charge in [-0.15, -0.1) is 0 Å². The number of aliphatic hydroxyl groups is 1. The molecule has 118 valence electrons. The van der Waals surface area contributed by atoms with E-state index in [0.29, 0.717) is 17.1 Å². The molecule has 21 heavy (non-hydrogen) atoms. The van der Waals surface area contributed by atoms with Crippen LogP contribution in [-0.4, -0.2) is 17.0 Å². The van der Waals surface area contributed by atoms with Crippen molar-refractivity contribution in [3.8, 4) is 0 Å². The van der Waals surface area contributed by atoms with Crippen molar-refractivity contribution in [2.45, 2.75) is 77.7 Å². The number of hydrogen-bond acceptors (Lipinski definition) is 2. The van der Waals surface area contributed by atoms with Crippen LogP contribution in [0.4, 0.5) is 0 Å². The quantitative estimate of drug-likeness (QED) is 0.733. The Labute approximate surface area is 128 Å². The van der Waals surface area contributed by atoms with Gasteiger partial charge >= 0.3 is 0 Å². The van der Waals surface area contributed by atoms with E-state index in [9.17, 15) is 9.90 Å². The van der Waals surface area contributed by atoms with Gasteiger partial charge in [-0.25, -0.2) is 0 Å². The highest BCUT2D eigenvalue weighted by molar-refractivity contribution is 5.79. The van der Waals surface area contributed by atoms with E-state index in [0.717, 1.165) is 43.4 Å². The Bertz CT molecular complexity index is 458. The second-order valence-corrected chi connectivity index (χ2v) is 9.04. The maximum Gasteiger partial charge on any atom is 0.133 e. The maximum atomic E-state index is 11.9. The average Bonchev–Trinajstić information content (AvgIpc) is 2.76. The number of rotatable bonds is 0. The van der Waals surface area contributed by atoms with E-state index in [1.54, 1.807) is 0 Å². The fourth-order valence-electron chi connectivity index (χ4n) is 7.02. The van der Waals surface area contributed by atoms with Crippen LogP contribution in [0, 0.1) is 34.5 Å². The lowest BCUT2D eigenvalue weighted by Gasteiger charge is -2.60. The molecule has 2 heteroatoms. The molecule has 4 aliphatic carbocycles. The van der Waals surface area contributed by atoms with Crippen LogP contribution in [0.3, 0.4) is 0 Å². The van der Waals surface area contributed by atoms with E-state index in [1.807, 2.05) is 0 Å². The number of Topliss-reactive ketones (excluding diaryl/α,β-unsaturated/α-hetero) is 1. The fourth-order valence-corrected chi connectivity index (χ4v) is 7.02. The molecule has 0 aromatic rings. The van der Waals surface area contributed by atoms with Crippen LogP contribution < -0.4 is 0 Å². The average molecular weight is 290 g/mol. The molecule has 4 fully saturated rings. The van der Waals surface area contributed by atoms with Crippen LogP contribution >= 0.6 is 0 Å². The second kappa shape index (κ2) is 4.57. The Morgan fingerprint density at radius 2 is 1.71 bits per heavy atom. The summed E-state index contributed by atoms with van der Waals surface area (Å²) in [7, 11) is 0. The fraction of sp³-hybridized carbons (Fsp3) is 0.947. The van der Waals surface area contributed by atoms with Crippen LogP contribution in [0.5, 0.6) is 0 Å². The van der Waals surface area contributed by atoms with Gasteiger partial charge in [-0.2, -0.15) is 0 Å². The Balaban J connectivity index is 1.64. The molecular weight excluding hydrogens is 260 g/mol. The molecule has 7 atom stereocenters. The molecule has 0 radical (unpaired) electrons. The van der Waals surface area contributed by atoms with E-state index in [-0.39, 0.29) is 11.5 Å². The van der Waals surface area contributed by atoms with Crippen LogP contribution in [-0.2, 0) is 4.79 Å². The lowest BCUT2D eigenvalue weighted by molar-refractivity contribution is -0.141. The highest BCUT2D eigenvalue weighted by atomic mass is 16.3. The Morgan fingerprint density at radius 1 is 0.952 bits per heavy atom. The summed E-state index contributed by atoms with van der Waals surface area (Å²) in [5.41, 5.74) is 0.598. The van der Waals surface area contributed by atoms with Crippen molar-refractivity contribution in [2.24, 2.45) is 34.5 Å². The second-order valence-electron chi connectivity index (χ2n) is 9.04. The highest BCUT2D eigenvalue weighted by Crippen LogP contribution is 2.65. The van der Waals surface area contributed by atoms with Gasteiger partial charge in [0.05, 0.1) is 6.10 Å². The zero-order valence-corrected chi connectivity index (χ0v) is 13.6. The van der Waals surface area contributed by atoms with Crippen molar-refractivity contribution >= 4 is 5.78 Å². The molecular formula is C19H30O2. The third-order valence-corrected chi connectivity index (χ3v) is 8.43. The summed E-state index contributed by atoms with van der Waals surface area (Å²) in [6, 6.07) is 0. The number of fused-ring (bicyclic) bond motifs is 5. The minimum Gasteiger partial charge on any atom is -0.393 e. The van der Waals surface area contributed by atoms with Gasteiger partial charge in [0.1, 0.15) is 5.78 Å². The summed E-state index contributed by atoms with van der Waals surface area (Å²) >= 11 is 0. The van der Waals surface area contributed by atoms with Crippen LogP contribution in [0.15, 0.2) is 0 Å². The van der Waals surface area contributed by atoms with Gasteiger partial charge in [-0.3, -0.25) is 4.79 Å². The summed E-state index contributed by atoms with van der Waals surface area (Å²) < 4.78 is 0. The summed E-state index contributed by atoms with van der Waals surface area (Å²) in [6.45, 7) is 4.85. The molecule has 0 aromatic carbocycles. The molecule has 0 amide bonds. The van der Waals surface area contributed by atoms with Gasteiger partial charge < -0.3 is 5.11 Å². The molecule has 0 aliphatic heterocycles. The van der Waals surface area contributed by atoms with Crippen molar-refractivity contribution in [3.05, 3.63) is 0 Å². The SMILES string of the molecule is CC12CCC(=O)C[C@@H]1CCC1C2CCC2(C)C1CC[C@@H]2O. The first-order valence-corrected chi connectivity index (χ1v) is 9.15. The zero-order valence-electron chi connectivity index (χ0n) is 13.6. The van der Waals surface area contributed by atoms with Gasteiger partial charge in [0.15, 0.2) is 0 Å². The Hall–Kier alpha value is -0.370. The van der Waals surface area contributed by atoms with Crippen LogP contribution in [0.2, 0.25) is 0 Å². The topological polar surface area (TPSA) is 37.3 Å². The lowest BCUT2D eigenvalue weighted by Crippen LogP contribution is -2.54.